The summed E-state index contributed by atoms with van der Waals surface area (Å²) >= 11 is 0. The Morgan fingerprint density at radius 2 is 2.07 bits per heavy atom. The van der Waals surface area contributed by atoms with E-state index in [0.29, 0.717) is 12.1 Å². The number of nitrogens with zero attached hydrogens (tertiary/aromatic N) is 3. The highest BCUT2D eigenvalue weighted by molar-refractivity contribution is 5.80. The van der Waals surface area contributed by atoms with Crippen LogP contribution in [0, 0.1) is 11.7 Å². The van der Waals surface area contributed by atoms with Gasteiger partial charge in [0.2, 0.25) is 0 Å². The standard InChI is InChI=1S/C22H27FN4O/c1-15(2)25-19-8-10-26(20-5-3-16(14-28)4-6-20)21(12-19)27-9-7-17-11-18(23)13-24-22(17)27/h7-9,11-16,20,25H,3-6,10H2,1-2H3. The molecule has 2 aromatic rings. The highest BCUT2D eigenvalue weighted by Crippen LogP contribution is 2.33. The van der Waals surface area contributed by atoms with E-state index >= 15 is 0 Å². The summed E-state index contributed by atoms with van der Waals surface area (Å²) in [4.78, 5) is 17.9. The fourth-order valence-electron chi connectivity index (χ4n) is 4.28. The van der Waals surface area contributed by atoms with Crippen LogP contribution in [0.2, 0.25) is 0 Å². The lowest BCUT2D eigenvalue weighted by Gasteiger charge is -2.40. The summed E-state index contributed by atoms with van der Waals surface area (Å²) < 4.78 is 15.6. The smallest absolute Gasteiger partial charge is 0.145 e. The summed E-state index contributed by atoms with van der Waals surface area (Å²) in [5, 5.41) is 4.28. The van der Waals surface area contributed by atoms with E-state index in [4.69, 9.17) is 0 Å². The molecule has 2 aromatic heterocycles. The van der Waals surface area contributed by atoms with Crippen LogP contribution in [0.3, 0.4) is 0 Å². The van der Waals surface area contributed by atoms with Crippen molar-refractivity contribution in [1.29, 1.82) is 0 Å². The highest BCUT2D eigenvalue weighted by atomic mass is 19.1. The number of allylic oxidation sites excluding steroid dienone is 1. The highest BCUT2D eigenvalue weighted by Gasteiger charge is 2.29. The molecule has 2 aliphatic rings. The third kappa shape index (κ3) is 3.68. The Morgan fingerprint density at radius 3 is 2.79 bits per heavy atom. The van der Waals surface area contributed by atoms with Crippen molar-refractivity contribution in [3.63, 3.8) is 0 Å². The summed E-state index contributed by atoms with van der Waals surface area (Å²) in [6, 6.07) is 4.15. The molecule has 4 rings (SSSR count). The Balaban J connectivity index is 1.69. The van der Waals surface area contributed by atoms with E-state index in [0.717, 1.165) is 61.1 Å². The zero-order valence-corrected chi connectivity index (χ0v) is 16.4. The lowest BCUT2D eigenvalue weighted by molar-refractivity contribution is -0.112. The van der Waals surface area contributed by atoms with E-state index in [-0.39, 0.29) is 11.7 Å². The van der Waals surface area contributed by atoms with Crippen LogP contribution in [0.15, 0.2) is 42.4 Å². The Morgan fingerprint density at radius 1 is 1.29 bits per heavy atom. The number of halogens is 1. The predicted octanol–water partition coefficient (Wildman–Crippen LogP) is 3.93. The van der Waals surface area contributed by atoms with Crippen LogP contribution in [-0.4, -0.2) is 39.4 Å². The van der Waals surface area contributed by atoms with Gasteiger partial charge in [0.15, 0.2) is 0 Å². The number of nitrogens with one attached hydrogen (secondary N) is 1. The predicted molar refractivity (Wildman–Crippen MR) is 109 cm³/mol. The molecule has 0 amide bonds. The van der Waals surface area contributed by atoms with Gasteiger partial charge in [0.05, 0.1) is 6.20 Å². The fraction of sp³-hybridized carbons (Fsp3) is 0.455. The molecular weight excluding hydrogens is 355 g/mol. The number of hydrogen-bond acceptors (Lipinski definition) is 4. The minimum Gasteiger partial charge on any atom is -0.383 e. The van der Waals surface area contributed by atoms with Crippen LogP contribution < -0.4 is 5.32 Å². The van der Waals surface area contributed by atoms with Gasteiger partial charge in [0.25, 0.3) is 0 Å². The number of pyridine rings is 1. The lowest BCUT2D eigenvalue weighted by atomic mass is 9.86. The summed E-state index contributed by atoms with van der Waals surface area (Å²) in [7, 11) is 0. The topological polar surface area (TPSA) is 50.2 Å². The maximum atomic E-state index is 13.6. The Hall–Kier alpha value is -2.63. The number of aldehydes is 1. The molecule has 1 fully saturated rings. The van der Waals surface area contributed by atoms with Crippen LogP contribution in [0.4, 0.5) is 4.39 Å². The Bertz CT molecular complexity index is 922. The molecule has 1 saturated carbocycles. The molecule has 0 unspecified atom stereocenters. The number of aromatic nitrogens is 2. The van der Waals surface area contributed by atoms with E-state index in [1.807, 2.05) is 12.3 Å². The monoisotopic (exact) mass is 382 g/mol. The van der Waals surface area contributed by atoms with E-state index in [9.17, 15) is 9.18 Å². The SMILES string of the molecule is CC(C)NC1=CCN(C2CCC(C=O)CC2)C(n2ccc3cc(F)cnc32)=C1. The molecule has 1 aliphatic heterocycles. The first-order valence-corrected chi connectivity index (χ1v) is 10.1. The van der Waals surface area contributed by atoms with Gasteiger partial charge in [-0.1, -0.05) is 0 Å². The molecule has 1 aliphatic carbocycles. The molecule has 148 valence electrons. The molecular formula is C22H27FN4O. The van der Waals surface area contributed by atoms with Crippen LogP contribution in [0.5, 0.6) is 0 Å². The van der Waals surface area contributed by atoms with Crippen molar-refractivity contribution >= 4 is 23.1 Å². The molecule has 1 N–H and O–H groups in total. The van der Waals surface area contributed by atoms with Crippen molar-refractivity contribution in [3.05, 3.63) is 48.2 Å². The number of carbonyl (C=O) groups excluding carboxylic acids is 1. The van der Waals surface area contributed by atoms with E-state index in [1.165, 1.54) is 12.3 Å². The molecule has 0 aromatic carbocycles. The van der Waals surface area contributed by atoms with Gasteiger partial charge in [-0.15, -0.1) is 0 Å². The van der Waals surface area contributed by atoms with Crippen molar-refractivity contribution in [2.45, 2.75) is 51.6 Å². The summed E-state index contributed by atoms with van der Waals surface area (Å²) in [5.74, 6) is 0.919. The van der Waals surface area contributed by atoms with E-state index in [2.05, 4.69) is 45.8 Å². The molecule has 5 nitrogen and oxygen atoms in total. The van der Waals surface area contributed by atoms with Crippen molar-refractivity contribution in [2.75, 3.05) is 6.54 Å². The molecule has 28 heavy (non-hydrogen) atoms. The molecule has 0 radical (unpaired) electrons. The van der Waals surface area contributed by atoms with Gasteiger partial charge in [-0.3, -0.25) is 4.57 Å². The Kier molecular flexibility index (Phi) is 5.20. The summed E-state index contributed by atoms with van der Waals surface area (Å²) in [5.41, 5.74) is 1.84. The second kappa shape index (κ2) is 7.78. The van der Waals surface area contributed by atoms with Crippen molar-refractivity contribution in [3.8, 4) is 0 Å². The largest absolute Gasteiger partial charge is 0.383 e. The number of rotatable bonds is 5. The first-order valence-electron chi connectivity index (χ1n) is 10.1. The van der Waals surface area contributed by atoms with Crippen molar-refractivity contribution in [2.24, 2.45) is 5.92 Å². The third-order valence-corrected chi connectivity index (χ3v) is 5.66. The van der Waals surface area contributed by atoms with Gasteiger partial charge < -0.3 is 15.0 Å². The maximum absolute atomic E-state index is 13.6. The molecule has 6 heteroatoms. The molecule has 3 heterocycles. The normalized spacial score (nSPS) is 22.9. The van der Waals surface area contributed by atoms with Crippen LogP contribution in [0.25, 0.3) is 16.9 Å². The fourth-order valence-corrected chi connectivity index (χ4v) is 4.28. The molecule has 0 saturated heterocycles. The number of fused-ring (bicyclic) bond motifs is 1. The minimum atomic E-state index is -0.325. The molecule has 0 spiro atoms. The van der Waals surface area contributed by atoms with Gasteiger partial charge in [-0.05, 0) is 57.7 Å². The number of hydrogen-bond donors (Lipinski definition) is 1. The van der Waals surface area contributed by atoms with E-state index in [1.54, 1.807) is 0 Å². The average Bonchev–Trinajstić information content (AvgIpc) is 3.10. The maximum Gasteiger partial charge on any atom is 0.145 e. The number of carbonyl (C=O) groups is 1. The van der Waals surface area contributed by atoms with Crippen LogP contribution in [-0.2, 0) is 4.79 Å². The summed E-state index contributed by atoms with van der Waals surface area (Å²) in [6.45, 7) is 5.05. The van der Waals surface area contributed by atoms with Crippen LogP contribution in [0.1, 0.15) is 39.5 Å². The van der Waals surface area contributed by atoms with Gasteiger partial charge in [0.1, 0.15) is 23.6 Å². The first-order chi connectivity index (χ1) is 13.5. The Labute approximate surface area is 164 Å². The van der Waals surface area contributed by atoms with Crippen molar-refractivity contribution < 1.29 is 9.18 Å². The second-order valence-electron chi connectivity index (χ2n) is 8.07. The van der Waals surface area contributed by atoms with Gasteiger partial charge >= 0.3 is 0 Å². The zero-order valence-electron chi connectivity index (χ0n) is 16.4. The lowest BCUT2D eigenvalue weighted by Crippen LogP contribution is -2.41. The summed E-state index contributed by atoms with van der Waals surface area (Å²) in [6.07, 6.45) is 12.6. The van der Waals surface area contributed by atoms with Gasteiger partial charge in [-0.25, -0.2) is 9.37 Å². The van der Waals surface area contributed by atoms with Gasteiger partial charge in [0, 0.05) is 47.9 Å². The zero-order chi connectivity index (χ0) is 19.7. The minimum absolute atomic E-state index is 0.194. The molecule has 0 bridgehead atoms. The van der Waals surface area contributed by atoms with Gasteiger partial charge in [-0.2, -0.15) is 0 Å². The molecule has 0 atom stereocenters. The van der Waals surface area contributed by atoms with E-state index < -0.39 is 0 Å². The second-order valence-corrected chi connectivity index (χ2v) is 8.07. The van der Waals surface area contributed by atoms with Crippen LogP contribution >= 0.6 is 0 Å². The first kappa shape index (κ1) is 18.7. The van der Waals surface area contributed by atoms with Crippen molar-refractivity contribution in [1.82, 2.24) is 19.8 Å². The quantitative estimate of drug-likeness (QED) is 0.796. The average molecular weight is 382 g/mol. The third-order valence-electron chi connectivity index (χ3n) is 5.66.